The van der Waals surface area contributed by atoms with Crippen LogP contribution in [-0.4, -0.2) is 48.4 Å². The van der Waals surface area contributed by atoms with Crippen molar-refractivity contribution >= 4 is 17.7 Å². The zero-order valence-electron chi connectivity index (χ0n) is 15.0. The molecule has 7 nitrogen and oxygen atoms in total. The van der Waals surface area contributed by atoms with Gasteiger partial charge in [0.15, 0.2) is 11.5 Å². The van der Waals surface area contributed by atoms with Crippen LogP contribution in [0.15, 0.2) is 55.1 Å². The van der Waals surface area contributed by atoms with Crippen LogP contribution >= 0.6 is 0 Å². The van der Waals surface area contributed by atoms with Crippen molar-refractivity contribution in [1.82, 2.24) is 10.2 Å². The number of nitrogens with zero attached hydrogens (tertiary/aromatic N) is 1. The lowest BCUT2D eigenvalue weighted by atomic mass is 10.1. The first-order valence-electron chi connectivity index (χ1n) is 8.86. The molecule has 2 aromatic rings. The number of hydrogen-bond donors (Lipinski definition) is 1. The molecule has 0 saturated carbocycles. The number of rotatable bonds is 5. The number of imide groups is 1. The number of fused-ring (bicyclic) bond motifs is 2. The molecule has 2 aliphatic heterocycles. The number of para-hydroxylation sites is 2. The normalized spacial score (nSPS) is 17.3. The molecule has 0 bridgehead atoms. The Morgan fingerprint density at radius 1 is 1.14 bits per heavy atom. The summed E-state index contributed by atoms with van der Waals surface area (Å²) in [5.41, 5.74) is 0.826. The van der Waals surface area contributed by atoms with Gasteiger partial charge in [0, 0.05) is 12.1 Å². The van der Waals surface area contributed by atoms with E-state index in [-0.39, 0.29) is 36.6 Å². The maximum Gasteiger partial charge on any atom is 0.261 e. The van der Waals surface area contributed by atoms with E-state index in [0.717, 1.165) is 4.90 Å². The van der Waals surface area contributed by atoms with Gasteiger partial charge < -0.3 is 14.8 Å². The summed E-state index contributed by atoms with van der Waals surface area (Å²) in [6, 6.07) is 11.8. The number of carbonyl (C=O) groups is 3. The minimum absolute atomic E-state index is 0.133. The van der Waals surface area contributed by atoms with Crippen LogP contribution in [0.1, 0.15) is 31.1 Å². The molecule has 1 atom stereocenters. The van der Waals surface area contributed by atoms with E-state index < -0.39 is 5.91 Å². The molecule has 3 amide bonds. The molecule has 142 valence electrons. The van der Waals surface area contributed by atoms with E-state index in [4.69, 9.17) is 9.47 Å². The summed E-state index contributed by atoms with van der Waals surface area (Å²) in [6.07, 6.45) is 1.17. The van der Waals surface area contributed by atoms with Crippen molar-refractivity contribution in [2.45, 2.75) is 6.10 Å². The van der Waals surface area contributed by atoms with Crippen molar-refractivity contribution < 1.29 is 23.9 Å². The van der Waals surface area contributed by atoms with Crippen molar-refractivity contribution in [2.75, 3.05) is 19.7 Å². The molecular formula is C21H18N2O5. The third-order valence-corrected chi connectivity index (χ3v) is 4.60. The van der Waals surface area contributed by atoms with Crippen LogP contribution < -0.4 is 14.8 Å². The van der Waals surface area contributed by atoms with Crippen LogP contribution in [0.3, 0.4) is 0 Å². The number of amides is 3. The fourth-order valence-corrected chi connectivity index (χ4v) is 3.20. The number of carbonyl (C=O) groups excluding carboxylic acids is 3. The standard InChI is InChI=1S/C21H18N2O5/c1-2-9-23-20(25)15-8-7-13(10-16(15)21(23)26)19(24)22-11-14-12-27-17-5-3-4-6-18(17)28-14/h2-8,10,14H,1,9,11-12H2,(H,22,24)/t14-/m0/s1. The minimum Gasteiger partial charge on any atom is -0.486 e. The third kappa shape index (κ3) is 3.11. The predicted octanol–water partition coefficient (Wildman–Crippen LogP) is 2.04. The maximum absolute atomic E-state index is 12.5. The summed E-state index contributed by atoms with van der Waals surface area (Å²) < 4.78 is 11.4. The average Bonchev–Trinajstić information content (AvgIpc) is 2.96. The SMILES string of the molecule is C=CCN1C(=O)c2ccc(C(=O)NC[C@H]3COc4ccccc4O3)cc2C1=O. The van der Waals surface area contributed by atoms with E-state index in [2.05, 4.69) is 11.9 Å². The molecule has 28 heavy (non-hydrogen) atoms. The fraction of sp³-hybridized carbons (Fsp3) is 0.190. The van der Waals surface area contributed by atoms with Crippen molar-refractivity contribution in [3.8, 4) is 11.5 Å². The molecule has 0 aliphatic carbocycles. The smallest absolute Gasteiger partial charge is 0.261 e. The minimum atomic E-state index is -0.421. The van der Waals surface area contributed by atoms with Gasteiger partial charge in [0.1, 0.15) is 12.7 Å². The van der Waals surface area contributed by atoms with Crippen molar-refractivity contribution in [2.24, 2.45) is 0 Å². The lowest BCUT2D eigenvalue weighted by molar-refractivity contribution is 0.0672. The Bertz CT molecular complexity index is 985. The Kier molecular flexibility index (Phi) is 4.57. The lowest BCUT2D eigenvalue weighted by Gasteiger charge is -2.26. The van der Waals surface area contributed by atoms with Gasteiger partial charge in [-0.1, -0.05) is 18.2 Å². The predicted molar refractivity (Wildman–Crippen MR) is 101 cm³/mol. The van der Waals surface area contributed by atoms with E-state index in [9.17, 15) is 14.4 Å². The van der Waals surface area contributed by atoms with Crippen molar-refractivity contribution in [3.63, 3.8) is 0 Å². The molecule has 0 aromatic heterocycles. The van der Waals surface area contributed by atoms with Gasteiger partial charge >= 0.3 is 0 Å². The van der Waals surface area contributed by atoms with Gasteiger partial charge in [-0.2, -0.15) is 0 Å². The summed E-state index contributed by atoms with van der Waals surface area (Å²) in [5, 5.41) is 2.78. The molecule has 7 heteroatoms. The van der Waals surface area contributed by atoms with Crippen LogP contribution in [0.5, 0.6) is 11.5 Å². The highest BCUT2D eigenvalue weighted by Crippen LogP contribution is 2.30. The largest absolute Gasteiger partial charge is 0.486 e. The first-order chi connectivity index (χ1) is 13.6. The fourth-order valence-electron chi connectivity index (χ4n) is 3.20. The Morgan fingerprint density at radius 3 is 2.68 bits per heavy atom. The molecular weight excluding hydrogens is 360 g/mol. The molecule has 1 N–H and O–H groups in total. The molecule has 2 aromatic carbocycles. The number of ether oxygens (including phenoxy) is 2. The molecule has 0 fully saturated rings. The van der Waals surface area contributed by atoms with Crippen LogP contribution in [-0.2, 0) is 0 Å². The first-order valence-corrected chi connectivity index (χ1v) is 8.86. The maximum atomic E-state index is 12.5. The summed E-state index contributed by atoms with van der Waals surface area (Å²) in [5.74, 6) is 0.161. The Hall–Kier alpha value is -3.61. The highest BCUT2D eigenvalue weighted by Gasteiger charge is 2.35. The number of nitrogens with one attached hydrogen (secondary N) is 1. The highest BCUT2D eigenvalue weighted by molar-refractivity contribution is 6.22. The highest BCUT2D eigenvalue weighted by atomic mass is 16.6. The van der Waals surface area contributed by atoms with E-state index in [1.807, 2.05) is 18.2 Å². The van der Waals surface area contributed by atoms with E-state index >= 15 is 0 Å². The summed E-state index contributed by atoms with van der Waals surface area (Å²) >= 11 is 0. The molecule has 0 spiro atoms. The topological polar surface area (TPSA) is 84.9 Å². The van der Waals surface area contributed by atoms with E-state index in [1.54, 1.807) is 6.07 Å². The van der Waals surface area contributed by atoms with E-state index in [1.165, 1.54) is 24.3 Å². The Balaban J connectivity index is 1.42. The van der Waals surface area contributed by atoms with Crippen LogP contribution in [0.25, 0.3) is 0 Å². The van der Waals surface area contributed by atoms with Crippen molar-refractivity contribution in [1.29, 1.82) is 0 Å². The molecule has 0 unspecified atom stereocenters. The number of benzene rings is 2. The van der Waals surface area contributed by atoms with Crippen LogP contribution in [0.4, 0.5) is 0 Å². The Morgan fingerprint density at radius 2 is 1.89 bits per heavy atom. The van der Waals surface area contributed by atoms with Crippen LogP contribution in [0, 0.1) is 0 Å². The van der Waals surface area contributed by atoms with Gasteiger partial charge in [-0.05, 0) is 30.3 Å². The first kappa shape index (κ1) is 17.8. The van der Waals surface area contributed by atoms with Gasteiger partial charge in [-0.25, -0.2) is 0 Å². The zero-order valence-corrected chi connectivity index (χ0v) is 15.0. The quantitative estimate of drug-likeness (QED) is 0.636. The second kappa shape index (κ2) is 7.19. The van der Waals surface area contributed by atoms with E-state index in [0.29, 0.717) is 29.2 Å². The van der Waals surface area contributed by atoms with Crippen LogP contribution in [0.2, 0.25) is 0 Å². The van der Waals surface area contributed by atoms with Gasteiger partial charge in [-0.15, -0.1) is 6.58 Å². The summed E-state index contributed by atoms with van der Waals surface area (Å²) in [7, 11) is 0. The van der Waals surface area contributed by atoms with Crippen molar-refractivity contribution in [3.05, 3.63) is 71.8 Å². The monoisotopic (exact) mass is 378 g/mol. The summed E-state index contributed by atoms with van der Waals surface area (Å²) in [6.45, 7) is 4.26. The summed E-state index contributed by atoms with van der Waals surface area (Å²) in [4.78, 5) is 38.2. The molecule has 0 radical (unpaired) electrons. The van der Waals surface area contributed by atoms with Gasteiger partial charge in [0.05, 0.1) is 17.7 Å². The molecule has 2 heterocycles. The second-order valence-corrected chi connectivity index (χ2v) is 6.48. The molecule has 0 saturated heterocycles. The lowest BCUT2D eigenvalue weighted by Crippen LogP contribution is -2.40. The molecule has 2 aliphatic rings. The van der Waals surface area contributed by atoms with Gasteiger partial charge in [0.2, 0.25) is 0 Å². The third-order valence-electron chi connectivity index (χ3n) is 4.60. The zero-order chi connectivity index (χ0) is 19.7. The molecule has 4 rings (SSSR count). The Labute approximate surface area is 161 Å². The second-order valence-electron chi connectivity index (χ2n) is 6.48. The average molecular weight is 378 g/mol. The number of hydrogen-bond acceptors (Lipinski definition) is 5. The van der Waals surface area contributed by atoms with Gasteiger partial charge in [-0.3, -0.25) is 19.3 Å². The van der Waals surface area contributed by atoms with Gasteiger partial charge in [0.25, 0.3) is 17.7 Å².